The average Bonchev–Trinajstić information content (AvgIpc) is 2.63. The first kappa shape index (κ1) is 18.8. The van der Waals surface area contributed by atoms with E-state index in [4.69, 9.17) is 9.47 Å². The summed E-state index contributed by atoms with van der Waals surface area (Å²) in [6.07, 6.45) is 1.43. The van der Waals surface area contributed by atoms with Crippen LogP contribution in [0.1, 0.15) is 18.3 Å². The topological polar surface area (TPSA) is 82.8 Å². The molecule has 0 saturated heterocycles. The molecular weight excluding hydrogens is 414 g/mol. The molecule has 0 saturated carbocycles. The van der Waals surface area contributed by atoms with Crippen molar-refractivity contribution < 1.29 is 14.3 Å². The summed E-state index contributed by atoms with van der Waals surface area (Å²) < 4.78 is 12.4. The quantitative estimate of drug-likeness (QED) is 0.361. The van der Waals surface area contributed by atoms with Gasteiger partial charge in [-0.15, -0.1) is 0 Å². The van der Waals surface area contributed by atoms with E-state index in [0.717, 1.165) is 4.47 Å². The van der Waals surface area contributed by atoms with Crippen molar-refractivity contribution >= 4 is 39.0 Å². The van der Waals surface area contributed by atoms with Crippen molar-refractivity contribution in [3.63, 3.8) is 0 Å². The van der Waals surface area contributed by atoms with E-state index in [9.17, 15) is 9.59 Å². The molecule has 0 amide bonds. The van der Waals surface area contributed by atoms with Crippen molar-refractivity contribution in [2.75, 3.05) is 7.11 Å². The van der Waals surface area contributed by atoms with Crippen molar-refractivity contribution in [1.82, 2.24) is 9.66 Å². The van der Waals surface area contributed by atoms with Gasteiger partial charge >= 0.3 is 5.97 Å². The molecule has 0 spiro atoms. The Bertz CT molecular complexity index is 1120. The highest BCUT2D eigenvalue weighted by Crippen LogP contribution is 2.30. The lowest BCUT2D eigenvalue weighted by Crippen LogP contribution is -2.20. The van der Waals surface area contributed by atoms with E-state index in [1.807, 2.05) is 6.07 Å². The van der Waals surface area contributed by atoms with Gasteiger partial charge in [0, 0.05) is 17.0 Å². The van der Waals surface area contributed by atoms with Gasteiger partial charge in [0.15, 0.2) is 11.5 Å². The summed E-state index contributed by atoms with van der Waals surface area (Å²) in [5.74, 6) is 0.569. The van der Waals surface area contributed by atoms with Gasteiger partial charge in [0.05, 0.1) is 24.2 Å². The number of halogens is 1. The Morgan fingerprint density at radius 1 is 1.30 bits per heavy atom. The lowest BCUT2D eigenvalue weighted by molar-refractivity contribution is -0.132. The van der Waals surface area contributed by atoms with Crippen molar-refractivity contribution in [3.05, 3.63) is 62.6 Å². The molecule has 1 aromatic heterocycles. The fraction of sp³-hybridized carbons (Fsp3) is 0.158. The van der Waals surface area contributed by atoms with E-state index in [2.05, 4.69) is 26.0 Å². The highest BCUT2D eigenvalue weighted by Gasteiger charge is 2.12. The summed E-state index contributed by atoms with van der Waals surface area (Å²) in [5, 5.41) is 4.70. The lowest BCUT2D eigenvalue weighted by Gasteiger charge is -2.10. The fourth-order valence-corrected chi connectivity index (χ4v) is 2.92. The Hall–Kier alpha value is -3.00. The molecule has 0 N–H and O–H groups in total. The third-order valence-electron chi connectivity index (χ3n) is 3.76. The number of hydrogen-bond donors (Lipinski definition) is 0. The van der Waals surface area contributed by atoms with Gasteiger partial charge in [0.1, 0.15) is 5.82 Å². The van der Waals surface area contributed by atoms with Crippen LogP contribution in [0.25, 0.3) is 10.9 Å². The zero-order chi connectivity index (χ0) is 19.6. The third kappa shape index (κ3) is 3.90. The molecule has 0 radical (unpaired) electrons. The van der Waals surface area contributed by atoms with Crippen molar-refractivity contribution in [1.29, 1.82) is 0 Å². The Balaban J connectivity index is 2.12. The van der Waals surface area contributed by atoms with Gasteiger partial charge in [-0.2, -0.15) is 9.78 Å². The molecular formula is C19H16BrN3O4. The fourth-order valence-electron chi connectivity index (χ4n) is 2.56. The summed E-state index contributed by atoms with van der Waals surface area (Å²) in [5.41, 5.74) is 0.784. The van der Waals surface area contributed by atoms with Gasteiger partial charge in [-0.05, 0) is 37.3 Å². The summed E-state index contributed by atoms with van der Waals surface area (Å²) in [7, 11) is 1.48. The SMILES string of the molecule is COc1cccc(C=Nn2c(C)nc3ccc(Br)cc3c2=O)c1OC(C)=O. The van der Waals surface area contributed by atoms with E-state index in [1.54, 1.807) is 37.3 Å². The smallest absolute Gasteiger partial charge is 0.308 e. The van der Waals surface area contributed by atoms with Crippen LogP contribution < -0.4 is 15.0 Å². The molecule has 0 aliphatic heterocycles. The number of benzene rings is 2. The number of fused-ring (bicyclic) bond motifs is 1. The minimum absolute atomic E-state index is 0.235. The molecule has 0 unspecified atom stereocenters. The number of aromatic nitrogens is 2. The summed E-state index contributed by atoms with van der Waals surface area (Å²) >= 11 is 3.36. The number of para-hydroxylation sites is 1. The maximum atomic E-state index is 12.8. The number of methoxy groups -OCH3 is 1. The zero-order valence-corrected chi connectivity index (χ0v) is 16.5. The highest BCUT2D eigenvalue weighted by molar-refractivity contribution is 9.10. The van der Waals surface area contributed by atoms with Gasteiger partial charge in [-0.1, -0.05) is 22.0 Å². The first-order valence-corrected chi connectivity index (χ1v) is 8.78. The number of aryl methyl sites for hydroxylation is 1. The van der Waals surface area contributed by atoms with Gasteiger partial charge in [0.25, 0.3) is 5.56 Å². The molecule has 8 heteroatoms. The van der Waals surface area contributed by atoms with E-state index in [0.29, 0.717) is 28.0 Å². The minimum atomic E-state index is -0.486. The van der Waals surface area contributed by atoms with Gasteiger partial charge < -0.3 is 9.47 Å². The van der Waals surface area contributed by atoms with Crippen LogP contribution in [-0.4, -0.2) is 29.0 Å². The molecule has 3 rings (SSSR count). The largest absolute Gasteiger partial charge is 0.493 e. The van der Waals surface area contributed by atoms with Crippen molar-refractivity contribution in [3.8, 4) is 11.5 Å². The van der Waals surface area contributed by atoms with Crippen LogP contribution in [0.3, 0.4) is 0 Å². The maximum Gasteiger partial charge on any atom is 0.308 e. The molecule has 2 aromatic carbocycles. The Kier molecular flexibility index (Phi) is 5.36. The lowest BCUT2D eigenvalue weighted by atomic mass is 10.2. The normalized spacial score (nSPS) is 11.1. The summed E-state index contributed by atoms with van der Waals surface area (Å²) in [6, 6.07) is 10.4. The average molecular weight is 430 g/mol. The second-order valence-corrected chi connectivity index (χ2v) is 6.57. The monoisotopic (exact) mass is 429 g/mol. The number of hydrogen-bond acceptors (Lipinski definition) is 6. The third-order valence-corrected chi connectivity index (χ3v) is 4.25. The number of carbonyl (C=O) groups is 1. The standard InChI is InChI=1S/C19H16BrN3O4/c1-11-22-16-8-7-14(20)9-15(16)19(25)23(11)21-10-13-5-4-6-17(26-3)18(13)27-12(2)24/h4-10H,1-3H3. The van der Waals surface area contributed by atoms with Crippen LogP contribution in [0.15, 0.2) is 50.8 Å². The molecule has 138 valence electrons. The summed E-state index contributed by atoms with van der Waals surface area (Å²) in [4.78, 5) is 28.6. The number of carbonyl (C=O) groups excluding carboxylic acids is 1. The first-order valence-electron chi connectivity index (χ1n) is 7.99. The molecule has 27 heavy (non-hydrogen) atoms. The van der Waals surface area contributed by atoms with Crippen LogP contribution in [0.5, 0.6) is 11.5 Å². The highest BCUT2D eigenvalue weighted by atomic mass is 79.9. The first-order chi connectivity index (χ1) is 12.9. The van der Waals surface area contributed by atoms with E-state index in [-0.39, 0.29) is 11.3 Å². The van der Waals surface area contributed by atoms with E-state index in [1.165, 1.54) is 24.9 Å². The Labute approximate surface area is 163 Å². The number of esters is 1. The maximum absolute atomic E-state index is 12.8. The number of rotatable bonds is 4. The Morgan fingerprint density at radius 3 is 2.78 bits per heavy atom. The number of ether oxygens (including phenoxy) is 2. The van der Waals surface area contributed by atoms with Crippen molar-refractivity contribution in [2.24, 2.45) is 5.10 Å². The molecule has 1 heterocycles. The Morgan fingerprint density at radius 2 is 2.07 bits per heavy atom. The van der Waals surface area contributed by atoms with Gasteiger partial charge in [-0.25, -0.2) is 4.98 Å². The second kappa shape index (κ2) is 7.71. The minimum Gasteiger partial charge on any atom is -0.493 e. The van der Waals surface area contributed by atoms with Crippen LogP contribution in [0, 0.1) is 6.92 Å². The molecule has 0 bridgehead atoms. The summed E-state index contributed by atoms with van der Waals surface area (Å²) in [6.45, 7) is 2.99. The number of nitrogens with zero attached hydrogens (tertiary/aromatic N) is 3. The van der Waals surface area contributed by atoms with Crippen LogP contribution in [0.2, 0.25) is 0 Å². The van der Waals surface area contributed by atoms with E-state index < -0.39 is 5.97 Å². The molecule has 7 nitrogen and oxygen atoms in total. The predicted molar refractivity (Wildman–Crippen MR) is 106 cm³/mol. The second-order valence-electron chi connectivity index (χ2n) is 5.65. The zero-order valence-electron chi connectivity index (χ0n) is 14.9. The molecule has 0 fully saturated rings. The molecule has 0 aliphatic carbocycles. The molecule has 0 aliphatic rings. The van der Waals surface area contributed by atoms with Crippen LogP contribution >= 0.6 is 15.9 Å². The van der Waals surface area contributed by atoms with Crippen LogP contribution in [0.4, 0.5) is 0 Å². The molecule has 3 aromatic rings. The van der Waals surface area contributed by atoms with Gasteiger partial charge in [0.2, 0.25) is 0 Å². The van der Waals surface area contributed by atoms with Gasteiger partial charge in [-0.3, -0.25) is 9.59 Å². The van der Waals surface area contributed by atoms with Crippen LogP contribution in [-0.2, 0) is 4.79 Å². The predicted octanol–water partition coefficient (Wildman–Crippen LogP) is 3.28. The van der Waals surface area contributed by atoms with E-state index >= 15 is 0 Å². The van der Waals surface area contributed by atoms with Crippen molar-refractivity contribution in [2.45, 2.75) is 13.8 Å². The molecule has 0 atom stereocenters.